The summed E-state index contributed by atoms with van der Waals surface area (Å²) in [6.07, 6.45) is 0. The van der Waals surface area contributed by atoms with Crippen LogP contribution in [0, 0.1) is 0 Å². The summed E-state index contributed by atoms with van der Waals surface area (Å²) < 4.78 is 5.43. The van der Waals surface area contributed by atoms with Crippen molar-refractivity contribution in [1.29, 1.82) is 0 Å². The molecule has 0 bridgehead atoms. The first-order valence-electron chi connectivity index (χ1n) is 5.78. The van der Waals surface area contributed by atoms with Gasteiger partial charge in [0.2, 0.25) is 0 Å². The monoisotopic (exact) mass is 244 g/mol. The van der Waals surface area contributed by atoms with Gasteiger partial charge >= 0.3 is 5.97 Å². The molecule has 3 heteroatoms. The van der Waals surface area contributed by atoms with Gasteiger partial charge in [-0.25, -0.2) is 0 Å². The summed E-state index contributed by atoms with van der Waals surface area (Å²) in [6.45, 7) is 3.36. The van der Waals surface area contributed by atoms with E-state index in [1.807, 2.05) is 36.4 Å². The number of fused-ring (bicyclic) bond motifs is 1. The van der Waals surface area contributed by atoms with Gasteiger partial charge in [0.15, 0.2) is 0 Å². The molecule has 1 N–H and O–H groups in total. The first-order valence-corrected chi connectivity index (χ1v) is 5.78. The molecule has 0 amide bonds. The van der Waals surface area contributed by atoms with E-state index in [9.17, 15) is 9.90 Å². The molecule has 2 rings (SSSR count). The van der Waals surface area contributed by atoms with E-state index in [1.54, 1.807) is 21.0 Å². The minimum Gasteiger partial charge on any atom is -0.496 e. The molecule has 0 radical (unpaired) electrons. The highest BCUT2D eigenvalue weighted by Crippen LogP contribution is 2.37. The van der Waals surface area contributed by atoms with Crippen LogP contribution in [0.25, 0.3) is 10.8 Å². The molecule has 0 aliphatic heterocycles. The van der Waals surface area contributed by atoms with Gasteiger partial charge in [0.25, 0.3) is 0 Å². The third-order valence-corrected chi connectivity index (χ3v) is 3.29. The number of methoxy groups -OCH3 is 1. The van der Waals surface area contributed by atoms with Crippen molar-refractivity contribution in [3.8, 4) is 5.75 Å². The van der Waals surface area contributed by atoms with Crippen LogP contribution in [0.5, 0.6) is 5.75 Å². The van der Waals surface area contributed by atoms with Crippen molar-refractivity contribution in [2.45, 2.75) is 19.3 Å². The van der Waals surface area contributed by atoms with Crippen LogP contribution in [-0.2, 0) is 10.2 Å². The van der Waals surface area contributed by atoms with Crippen LogP contribution in [0.15, 0.2) is 36.4 Å². The van der Waals surface area contributed by atoms with Crippen molar-refractivity contribution in [2.75, 3.05) is 7.11 Å². The summed E-state index contributed by atoms with van der Waals surface area (Å²) in [5, 5.41) is 11.3. The zero-order chi connectivity index (χ0) is 13.3. The van der Waals surface area contributed by atoms with Gasteiger partial charge < -0.3 is 9.84 Å². The molecule has 0 atom stereocenters. The molecular formula is C15H16O3. The minimum atomic E-state index is -0.977. The number of hydrogen-bond acceptors (Lipinski definition) is 2. The molecule has 2 aromatic carbocycles. The molecule has 3 nitrogen and oxygen atoms in total. The smallest absolute Gasteiger partial charge is 0.313 e. The van der Waals surface area contributed by atoms with Crippen molar-refractivity contribution in [3.05, 3.63) is 42.0 Å². The van der Waals surface area contributed by atoms with Gasteiger partial charge in [-0.1, -0.05) is 36.4 Å². The predicted octanol–water partition coefficient (Wildman–Crippen LogP) is 3.21. The van der Waals surface area contributed by atoms with E-state index < -0.39 is 11.4 Å². The molecule has 0 heterocycles. The molecule has 0 saturated heterocycles. The van der Waals surface area contributed by atoms with Crippen LogP contribution in [-0.4, -0.2) is 18.2 Å². The van der Waals surface area contributed by atoms with Crippen LogP contribution in [0.4, 0.5) is 0 Å². The maximum atomic E-state index is 11.4. The molecule has 0 fully saturated rings. The van der Waals surface area contributed by atoms with Crippen LogP contribution in [0.3, 0.4) is 0 Å². The lowest BCUT2D eigenvalue weighted by Gasteiger charge is -2.23. The number of aliphatic carboxylic acids is 1. The highest BCUT2D eigenvalue weighted by molar-refractivity contribution is 5.92. The fraction of sp³-hybridized carbons (Fsp3) is 0.267. The molecule has 0 unspecified atom stereocenters. The number of carbonyl (C=O) groups is 1. The van der Waals surface area contributed by atoms with Gasteiger partial charge in [0.1, 0.15) is 5.75 Å². The van der Waals surface area contributed by atoms with Gasteiger partial charge in [0, 0.05) is 10.9 Å². The molecule has 0 saturated carbocycles. The van der Waals surface area contributed by atoms with E-state index in [0.717, 1.165) is 10.8 Å². The van der Waals surface area contributed by atoms with Crippen LogP contribution in [0.1, 0.15) is 19.4 Å². The number of rotatable bonds is 3. The largest absolute Gasteiger partial charge is 0.496 e. The third-order valence-electron chi connectivity index (χ3n) is 3.29. The molecule has 94 valence electrons. The summed E-state index contributed by atoms with van der Waals surface area (Å²) in [6, 6.07) is 11.5. The zero-order valence-corrected chi connectivity index (χ0v) is 10.7. The summed E-state index contributed by atoms with van der Waals surface area (Å²) in [5.74, 6) is -0.225. The standard InChI is InChI=1S/C15H16O3/c1-15(2,14(16)17)12-9-8-10-6-4-5-7-11(10)13(12)18-3/h4-9H,1-3H3,(H,16,17). The molecule has 18 heavy (non-hydrogen) atoms. The number of ether oxygens (including phenoxy) is 1. The molecule has 0 aliphatic carbocycles. The second-order valence-corrected chi connectivity index (χ2v) is 4.80. The van der Waals surface area contributed by atoms with Crippen LogP contribution < -0.4 is 4.74 Å². The molecule has 0 spiro atoms. The Balaban J connectivity index is 2.77. The van der Waals surface area contributed by atoms with Gasteiger partial charge in [-0.05, 0) is 19.2 Å². The Morgan fingerprint density at radius 3 is 2.44 bits per heavy atom. The second-order valence-electron chi connectivity index (χ2n) is 4.80. The summed E-state index contributed by atoms with van der Waals surface area (Å²) >= 11 is 0. The second kappa shape index (κ2) is 4.33. The number of carboxylic acid groups (broad SMARTS) is 1. The maximum Gasteiger partial charge on any atom is 0.313 e. The highest BCUT2D eigenvalue weighted by Gasteiger charge is 2.33. The Labute approximate surface area is 106 Å². The normalized spacial score (nSPS) is 11.5. The first kappa shape index (κ1) is 12.4. The SMILES string of the molecule is COc1c(C(C)(C)C(=O)O)ccc2ccccc12. The quantitative estimate of drug-likeness (QED) is 0.901. The van der Waals surface area contributed by atoms with Crippen molar-refractivity contribution < 1.29 is 14.6 Å². The van der Waals surface area contributed by atoms with E-state index >= 15 is 0 Å². The zero-order valence-electron chi connectivity index (χ0n) is 10.7. The summed E-state index contributed by atoms with van der Waals surface area (Å²) in [7, 11) is 1.57. The molecular weight excluding hydrogens is 228 g/mol. The van der Waals surface area contributed by atoms with Crippen molar-refractivity contribution in [3.63, 3.8) is 0 Å². The Bertz CT molecular complexity index is 600. The first-order chi connectivity index (χ1) is 8.48. The van der Waals surface area contributed by atoms with Crippen molar-refractivity contribution in [2.24, 2.45) is 0 Å². The number of benzene rings is 2. The van der Waals surface area contributed by atoms with E-state index in [0.29, 0.717) is 11.3 Å². The summed E-state index contributed by atoms with van der Waals surface area (Å²) in [5.41, 5.74) is -0.286. The van der Waals surface area contributed by atoms with Gasteiger partial charge in [0.05, 0.1) is 12.5 Å². The number of carboxylic acids is 1. The van der Waals surface area contributed by atoms with Crippen molar-refractivity contribution >= 4 is 16.7 Å². The van der Waals surface area contributed by atoms with Gasteiger partial charge in [-0.2, -0.15) is 0 Å². The highest BCUT2D eigenvalue weighted by atomic mass is 16.5. The number of hydrogen-bond donors (Lipinski definition) is 1. The lowest BCUT2D eigenvalue weighted by molar-refractivity contribution is -0.142. The average molecular weight is 244 g/mol. The molecule has 0 aliphatic rings. The molecule has 2 aromatic rings. The average Bonchev–Trinajstić information content (AvgIpc) is 2.36. The lowest BCUT2D eigenvalue weighted by Crippen LogP contribution is -2.29. The maximum absolute atomic E-state index is 11.4. The lowest BCUT2D eigenvalue weighted by atomic mass is 9.83. The molecule has 0 aromatic heterocycles. The van der Waals surface area contributed by atoms with E-state index in [1.165, 1.54) is 0 Å². The Morgan fingerprint density at radius 1 is 1.17 bits per heavy atom. The summed E-state index contributed by atoms with van der Waals surface area (Å²) in [4.78, 5) is 11.4. The van der Waals surface area contributed by atoms with Gasteiger partial charge in [-0.3, -0.25) is 4.79 Å². The third kappa shape index (κ3) is 1.82. The van der Waals surface area contributed by atoms with E-state index in [2.05, 4.69) is 0 Å². The van der Waals surface area contributed by atoms with Crippen LogP contribution >= 0.6 is 0 Å². The Kier molecular flexibility index (Phi) is 2.99. The predicted molar refractivity (Wildman–Crippen MR) is 71.2 cm³/mol. The van der Waals surface area contributed by atoms with Crippen molar-refractivity contribution in [1.82, 2.24) is 0 Å². The minimum absolute atomic E-state index is 0.639. The van der Waals surface area contributed by atoms with Gasteiger partial charge in [-0.15, -0.1) is 0 Å². The van der Waals surface area contributed by atoms with Crippen LogP contribution in [0.2, 0.25) is 0 Å². The fourth-order valence-corrected chi connectivity index (χ4v) is 2.07. The Morgan fingerprint density at radius 2 is 1.83 bits per heavy atom. The Hall–Kier alpha value is -2.03. The topological polar surface area (TPSA) is 46.5 Å². The van der Waals surface area contributed by atoms with E-state index in [-0.39, 0.29) is 0 Å². The van der Waals surface area contributed by atoms with E-state index in [4.69, 9.17) is 4.74 Å². The fourth-order valence-electron chi connectivity index (χ4n) is 2.07.